The maximum Gasteiger partial charge on any atom is 0.177 e. The van der Waals surface area contributed by atoms with E-state index >= 15 is 0 Å². The minimum atomic E-state index is 0.00708. The number of Topliss-reactive ketones (excluding diaryl/α,β-unsaturated/α-hetero) is 1. The lowest BCUT2D eigenvalue weighted by Crippen LogP contribution is -2.20. The SMILES string of the molecule is CC(=O)c1sc(N2CC(C)C(C)C2)c(OC(C)C)c1N. The minimum Gasteiger partial charge on any atom is -0.486 e. The molecule has 2 atom stereocenters. The van der Waals surface area contributed by atoms with Crippen LogP contribution in [0.4, 0.5) is 10.7 Å². The van der Waals surface area contributed by atoms with E-state index in [-0.39, 0.29) is 11.9 Å². The van der Waals surface area contributed by atoms with Crippen molar-refractivity contribution < 1.29 is 9.53 Å². The highest BCUT2D eigenvalue weighted by molar-refractivity contribution is 7.19. The fourth-order valence-corrected chi connectivity index (χ4v) is 3.60. The predicted molar refractivity (Wildman–Crippen MR) is 85.0 cm³/mol. The van der Waals surface area contributed by atoms with Gasteiger partial charge in [-0.15, -0.1) is 11.3 Å². The molecular weight excluding hydrogens is 272 g/mol. The van der Waals surface area contributed by atoms with Crippen LogP contribution in [0, 0.1) is 11.8 Å². The fourth-order valence-electron chi connectivity index (χ4n) is 2.53. The molecule has 5 heteroatoms. The molecular formula is C15H24N2O2S. The quantitative estimate of drug-likeness (QED) is 0.865. The van der Waals surface area contributed by atoms with Crippen molar-refractivity contribution in [2.45, 2.75) is 40.7 Å². The van der Waals surface area contributed by atoms with E-state index in [9.17, 15) is 4.79 Å². The topological polar surface area (TPSA) is 55.6 Å². The van der Waals surface area contributed by atoms with Gasteiger partial charge in [0, 0.05) is 20.0 Å². The molecule has 0 aliphatic carbocycles. The van der Waals surface area contributed by atoms with E-state index in [2.05, 4.69) is 18.7 Å². The van der Waals surface area contributed by atoms with Gasteiger partial charge in [-0.25, -0.2) is 0 Å². The van der Waals surface area contributed by atoms with Gasteiger partial charge in [-0.2, -0.15) is 0 Å². The summed E-state index contributed by atoms with van der Waals surface area (Å²) < 4.78 is 5.88. The second-order valence-corrected chi connectivity index (χ2v) is 7.06. The Morgan fingerprint density at radius 3 is 2.35 bits per heavy atom. The summed E-state index contributed by atoms with van der Waals surface area (Å²) >= 11 is 1.46. The van der Waals surface area contributed by atoms with Crippen LogP contribution in [0.25, 0.3) is 0 Å². The first-order valence-electron chi connectivity index (χ1n) is 7.16. The minimum absolute atomic E-state index is 0.00708. The van der Waals surface area contributed by atoms with Crippen molar-refractivity contribution in [3.63, 3.8) is 0 Å². The Labute approximate surface area is 124 Å². The zero-order valence-electron chi connectivity index (χ0n) is 12.9. The number of ether oxygens (including phenoxy) is 1. The number of nitrogens with two attached hydrogens (primary N) is 1. The number of ketones is 1. The summed E-state index contributed by atoms with van der Waals surface area (Å²) in [5.74, 6) is 1.99. The Kier molecular flexibility index (Phi) is 4.28. The summed E-state index contributed by atoms with van der Waals surface area (Å²) in [4.78, 5) is 14.6. The molecule has 0 spiro atoms. The Balaban J connectivity index is 2.40. The Morgan fingerprint density at radius 2 is 1.90 bits per heavy atom. The average Bonchev–Trinajstić information content (AvgIpc) is 2.82. The molecule has 2 heterocycles. The van der Waals surface area contributed by atoms with Crippen molar-refractivity contribution in [1.29, 1.82) is 0 Å². The molecule has 2 unspecified atom stereocenters. The number of carbonyl (C=O) groups excluding carboxylic acids is 1. The molecule has 1 aromatic rings. The van der Waals surface area contributed by atoms with Crippen LogP contribution < -0.4 is 15.4 Å². The molecule has 1 fully saturated rings. The number of carbonyl (C=O) groups is 1. The van der Waals surface area contributed by atoms with Gasteiger partial charge in [0.05, 0.1) is 16.7 Å². The zero-order chi connectivity index (χ0) is 15.0. The Bertz CT molecular complexity index is 500. The van der Waals surface area contributed by atoms with E-state index in [0.717, 1.165) is 18.1 Å². The van der Waals surface area contributed by atoms with Crippen molar-refractivity contribution in [3.05, 3.63) is 4.88 Å². The van der Waals surface area contributed by atoms with Crippen molar-refractivity contribution in [2.24, 2.45) is 11.8 Å². The van der Waals surface area contributed by atoms with Gasteiger partial charge < -0.3 is 15.4 Å². The number of hydrogen-bond acceptors (Lipinski definition) is 5. The molecule has 1 saturated heterocycles. The zero-order valence-corrected chi connectivity index (χ0v) is 13.7. The van der Waals surface area contributed by atoms with Gasteiger partial charge in [-0.05, 0) is 25.7 Å². The van der Waals surface area contributed by atoms with Crippen LogP contribution in [0.1, 0.15) is 44.3 Å². The summed E-state index contributed by atoms with van der Waals surface area (Å²) in [6.07, 6.45) is 0.0444. The summed E-state index contributed by atoms with van der Waals surface area (Å²) in [6, 6.07) is 0. The van der Waals surface area contributed by atoms with Gasteiger partial charge in [-0.1, -0.05) is 13.8 Å². The van der Waals surface area contributed by atoms with Crippen molar-refractivity contribution in [1.82, 2.24) is 0 Å². The lowest BCUT2D eigenvalue weighted by Gasteiger charge is -2.20. The van der Waals surface area contributed by atoms with Crippen molar-refractivity contribution >= 4 is 27.8 Å². The van der Waals surface area contributed by atoms with Gasteiger partial charge in [0.15, 0.2) is 11.5 Å². The third-order valence-corrected chi connectivity index (χ3v) is 5.18. The normalized spacial score (nSPS) is 22.6. The van der Waals surface area contributed by atoms with Crippen LogP contribution in [-0.4, -0.2) is 25.0 Å². The first-order chi connectivity index (χ1) is 9.31. The summed E-state index contributed by atoms with van der Waals surface area (Å²) in [5.41, 5.74) is 6.63. The number of hydrogen-bond donors (Lipinski definition) is 1. The number of nitrogens with zero attached hydrogens (tertiary/aromatic N) is 1. The molecule has 20 heavy (non-hydrogen) atoms. The van der Waals surface area contributed by atoms with Crippen LogP contribution in [0.3, 0.4) is 0 Å². The fraction of sp³-hybridized carbons (Fsp3) is 0.667. The molecule has 0 radical (unpaired) electrons. The first kappa shape index (κ1) is 15.2. The monoisotopic (exact) mass is 296 g/mol. The van der Waals surface area contributed by atoms with E-state index in [1.807, 2.05) is 13.8 Å². The first-order valence-corrected chi connectivity index (χ1v) is 7.97. The average molecular weight is 296 g/mol. The number of nitrogen functional groups attached to an aromatic ring is 1. The van der Waals surface area contributed by atoms with E-state index in [1.165, 1.54) is 11.3 Å². The number of thiophene rings is 1. The van der Waals surface area contributed by atoms with E-state index in [1.54, 1.807) is 6.92 Å². The maximum atomic E-state index is 11.7. The molecule has 1 aliphatic heterocycles. The Hall–Kier alpha value is -1.23. The highest BCUT2D eigenvalue weighted by Gasteiger charge is 2.32. The van der Waals surface area contributed by atoms with Gasteiger partial charge in [0.1, 0.15) is 5.00 Å². The third kappa shape index (κ3) is 2.77. The molecule has 0 amide bonds. The second kappa shape index (κ2) is 5.64. The molecule has 0 saturated carbocycles. The Morgan fingerprint density at radius 1 is 1.35 bits per heavy atom. The lowest BCUT2D eigenvalue weighted by molar-refractivity contribution is 0.102. The van der Waals surface area contributed by atoms with Crippen LogP contribution in [0.2, 0.25) is 0 Å². The molecule has 0 aromatic carbocycles. The molecule has 0 bridgehead atoms. The summed E-state index contributed by atoms with van der Waals surface area (Å²) in [7, 11) is 0. The van der Waals surface area contributed by atoms with E-state index < -0.39 is 0 Å². The molecule has 2 rings (SSSR count). The summed E-state index contributed by atoms with van der Waals surface area (Å²) in [6.45, 7) is 12.0. The van der Waals surface area contributed by atoms with Gasteiger partial charge in [-0.3, -0.25) is 4.79 Å². The van der Waals surface area contributed by atoms with Gasteiger partial charge >= 0.3 is 0 Å². The van der Waals surface area contributed by atoms with Crippen LogP contribution in [0.5, 0.6) is 5.75 Å². The predicted octanol–water partition coefficient (Wildman–Crippen LogP) is 3.41. The lowest BCUT2D eigenvalue weighted by atomic mass is 10.0. The van der Waals surface area contributed by atoms with Gasteiger partial charge in [0.25, 0.3) is 0 Å². The third-order valence-electron chi connectivity index (χ3n) is 3.83. The van der Waals surface area contributed by atoms with Crippen LogP contribution >= 0.6 is 11.3 Å². The standard InChI is InChI=1S/C15H24N2O2S/c1-8(2)19-13-12(16)14(11(5)18)20-15(13)17-6-9(3)10(4)7-17/h8-10H,6-7,16H2,1-5H3. The largest absolute Gasteiger partial charge is 0.486 e. The van der Waals surface area contributed by atoms with Crippen molar-refractivity contribution in [3.8, 4) is 5.75 Å². The molecule has 1 aliphatic rings. The smallest absolute Gasteiger partial charge is 0.177 e. The van der Waals surface area contributed by atoms with Gasteiger partial charge in [0.2, 0.25) is 0 Å². The van der Waals surface area contributed by atoms with Crippen LogP contribution in [0.15, 0.2) is 0 Å². The molecule has 112 valence electrons. The highest BCUT2D eigenvalue weighted by atomic mass is 32.1. The molecule has 1 aromatic heterocycles. The molecule has 2 N–H and O–H groups in total. The molecule has 4 nitrogen and oxygen atoms in total. The van der Waals surface area contributed by atoms with E-state index in [4.69, 9.17) is 10.5 Å². The number of rotatable bonds is 4. The van der Waals surface area contributed by atoms with E-state index in [0.29, 0.717) is 28.1 Å². The second-order valence-electron chi connectivity index (χ2n) is 6.06. The summed E-state index contributed by atoms with van der Waals surface area (Å²) in [5, 5.41) is 1.01. The number of anilines is 2. The van der Waals surface area contributed by atoms with Crippen LogP contribution in [-0.2, 0) is 0 Å². The maximum absolute atomic E-state index is 11.7. The highest BCUT2D eigenvalue weighted by Crippen LogP contribution is 2.47. The van der Waals surface area contributed by atoms with Crippen molar-refractivity contribution in [2.75, 3.05) is 23.7 Å².